The monoisotopic (exact) mass is 216 g/mol. The first-order valence-electron chi connectivity index (χ1n) is 5.76. The highest BCUT2D eigenvalue weighted by atomic mass is 16.3. The van der Waals surface area contributed by atoms with E-state index in [1.165, 1.54) is 0 Å². The molecule has 0 bridgehead atoms. The summed E-state index contributed by atoms with van der Waals surface area (Å²) in [5, 5.41) is 11.5. The molecule has 0 heterocycles. The van der Waals surface area contributed by atoms with Crippen LogP contribution in [0.15, 0.2) is 0 Å². The van der Waals surface area contributed by atoms with Gasteiger partial charge in [0.15, 0.2) is 0 Å². The first-order chi connectivity index (χ1) is 7.11. The van der Waals surface area contributed by atoms with Crippen LogP contribution in [0.5, 0.6) is 0 Å². The fourth-order valence-corrected chi connectivity index (χ4v) is 1.28. The van der Waals surface area contributed by atoms with E-state index < -0.39 is 0 Å². The number of aliphatic hydroxyl groups is 1. The summed E-state index contributed by atoms with van der Waals surface area (Å²) in [6, 6.07) is -0.383. The zero-order valence-corrected chi connectivity index (χ0v) is 9.83. The molecule has 0 aromatic rings. The third kappa shape index (κ3) is 7.33. The van der Waals surface area contributed by atoms with E-state index in [0.717, 1.165) is 19.3 Å². The molecule has 1 unspecified atom stereocenters. The Balaban J connectivity index is 3.63. The summed E-state index contributed by atoms with van der Waals surface area (Å²) < 4.78 is 0. The Hall–Kier alpha value is -0.610. The molecule has 0 rings (SSSR count). The van der Waals surface area contributed by atoms with E-state index in [4.69, 9.17) is 10.8 Å². The molecule has 0 aromatic heterocycles. The fraction of sp³-hybridized carbons (Fsp3) is 0.909. The van der Waals surface area contributed by atoms with Crippen LogP contribution >= 0.6 is 0 Å². The Bertz CT molecular complexity index is 174. The minimum Gasteiger partial charge on any atom is -0.396 e. The lowest BCUT2D eigenvalue weighted by Crippen LogP contribution is -2.42. The number of aliphatic hydroxyl groups excluding tert-OH is 1. The molecule has 0 aliphatic heterocycles. The van der Waals surface area contributed by atoms with Crippen molar-refractivity contribution < 1.29 is 9.90 Å². The van der Waals surface area contributed by atoms with Crippen molar-refractivity contribution in [3.05, 3.63) is 0 Å². The summed E-state index contributed by atoms with van der Waals surface area (Å²) in [7, 11) is 0. The van der Waals surface area contributed by atoms with Crippen LogP contribution in [0.2, 0.25) is 0 Å². The van der Waals surface area contributed by atoms with Gasteiger partial charge in [0.2, 0.25) is 5.91 Å². The van der Waals surface area contributed by atoms with Crippen molar-refractivity contribution >= 4 is 5.91 Å². The molecule has 4 N–H and O–H groups in total. The Morgan fingerprint density at radius 1 is 1.47 bits per heavy atom. The van der Waals surface area contributed by atoms with Crippen molar-refractivity contribution in [3.63, 3.8) is 0 Å². The zero-order valence-electron chi connectivity index (χ0n) is 9.83. The third-order valence-electron chi connectivity index (χ3n) is 2.45. The van der Waals surface area contributed by atoms with Crippen molar-refractivity contribution in [2.45, 2.75) is 45.6 Å². The number of amides is 1. The van der Waals surface area contributed by atoms with E-state index in [1.807, 2.05) is 6.92 Å². The van der Waals surface area contributed by atoms with Crippen molar-refractivity contribution in [2.75, 3.05) is 13.2 Å². The highest BCUT2D eigenvalue weighted by Crippen LogP contribution is 2.00. The second kappa shape index (κ2) is 8.68. The molecule has 0 aliphatic carbocycles. The summed E-state index contributed by atoms with van der Waals surface area (Å²) in [5.74, 6) is 0.227. The van der Waals surface area contributed by atoms with Crippen molar-refractivity contribution in [3.8, 4) is 0 Å². The molecule has 1 amide bonds. The maximum atomic E-state index is 11.5. The van der Waals surface area contributed by atoms with Gasteiger partial charge >= 0.3 is 0 Å². The minimum absolute atomic E-state index is 0.0757. The molecule has 0 fully saturated rings. The normalized spacial score (nSPS) is 14.7. The van der Waals surface area contributed by atoms with E-state index in [9.17, 15) is 4.79 Å². The summed E-state index contributed by atoms with van der Waals surface area (Å²) >= 11 is 0. The standard InChI is InChI=1S/C11H24N2O2/c1-3-4-5-10(12)11(15)13-8-9(2)6-7-14/h9-10,14H,3-8,12H2,1-2H3,(H,13,15)/t9?,10-/m0/s1. The van der Waals surface area contributed by atoms with Gasteiger partial charge in [-0.1, -0.05) is 26.7 Å². The predicted octanol–water partition coefficient (Wildman–Crippen LogP) is 0.639. The Kier molecular flexibility index (Phi) is 8.33. The number of unbranched alkanes of at least 4 members (excludes halogenated alkanes) is 1. The van der Waals surface area contributed by atoms with Crippen LogP contribution < -0.4 is 11.1 Å². The van der Waals surface area contributed by atoms with Gasteiger partial charge in [-0.3, -0.25) is 4.79 Å². The number of nitrogens with one attached hydrogen (secondary N) is 1. The lowest BCUT2D eigenvalue weighted by molar-refractivity contribution is -0.122. The number of nitrogens with two attached hydrogens (primary N) is 1. The quantitative estimate of drug-likeness (QED) is 0.557. The molecule has 4 heteroatoms. The fourth-order valence-electron chi connectivity index (χ4n) is 1.28. The van der Waals surface area contributed by atoms with Crippen molar-refractivity contribution in [1.82, 2.24) is 5.32 Å². The van der Waals surface area contributed by atoms with Crippen LogP contribution in [0.3, 0.4) is 0 Å². The van der Waals surface area contributed by atoms with Crippen LogP contribution in [-0.4, -0.2) is 30.2 Å². The van der Waals surface area contributed by atoms with Crippen molar-refractivity contribution in [2.24, 2.45) is 11.7 Å². The minimum atomic E-state index is -0.383. The molecule has 0 aromatic carbocycles. The first kappa shape index (κ1) is 14.4. The van der Waals surface area contributed by atoms with E-state index in [1.54, 1.807) is 0 Å². The van der Waals surface area contributed by atoms with E-state index in [2.05, 4.69) is 12.2 Å². The average molecular weight is 216 g/mol. The van der Waals surface area contributed by atoms with E-state index in [0.29, 0.717) is 18.9 Å². The van der Waals surface area contributed by atoms with Crippen LogP contribution in [-0.2, 0) is 4.79 Å². The first-order valence-corrected chi connectivity index (χ1v) is 5.76. The molecule has 90 valence electrons. The molecule has 15 heavy (non-hydrogen) atoms. The molecule has 4 nitrogen and oxygen atoms in total. The molecule has 0 radical (unpaired) electrons. The van der Waals surface area contributed by atoms with E-state index in [-0.39, 0.29) is 18.6 Å². The number of carbonyl (C=O) groups excluding carboxylic acids is 1. The van der Waals surface area contributed by atoms with Crippen molar-refractivity contribution in [1.29, 1.82) is 0 Å². The zero-order chi connectivity index (χ0) is 11.7. The molecule has 0 saturated carbocycles. The number of carbonyl (C=O) groups is 1. The number of hydrogen-bond donors (Lipinski definition) is 3. The van der Waals surface area contributed by atoms with Gasteiger partial charge < -0.3 is 16.2 Å². The Morgan fingerprint density at radius 2 is 2.13 bits per heavy atom. The van der Waals surface area contributed by atoms with Gasteiger partial charge in [0.05, 0.1) is 6.04 Å². The third-order valence-corrected chi connectivity index (χ3v) is 2.45. The van der Waals surface area contributed by atoms with Crippen LogP contribution in [0, 0.1) is 5.92 Å². The molecule has 0 saturated heterocycles. The van der Waals surface area contributed by atoms with Gasteiger partial charge in [-0.05, 0) is 18.8 Å². The number of hydrogen-bond acceptors (Lipinski definition) is 3. The predicted molar refractivity (Wildman–Crippen MR) is 61.4 cm³/mol. The average Bonchev–Trinajstić information content (AvgIpc) is 2.22. The van der Waals surface area contributed by atoms with Gasteiger partial charge in [0.25, 0.3) is 0 Å². The van der Waals surface area contributed by atoms with E-state index >= 15 is 0 Å². The smallest absolute Gasteiger partial charge is 0.236 e. The Labute approximate surface area is 92.2 Å². The van der Waals surface area contributed by atoms with Crippen LogP contribution in [0.1, 0.15) is 39.5 Å². The lowest BCUT2D eigenvalue weighted by Gasteiger charge is -2.14. The molecular weight excluding hydrogens is 192 g/mol. The molecule has 0 aliphatic rings. The molecule has 0 spiro atoms. The topological polar surface area (TPSA) is 75.4 Å². The summed E-state index contributed by atoms with van der Waals surface area (Å²) in [5.41, 5.74) is 5.70. The summed E-state index contributed by atoms with van der Waals surface area (Å²) in [4.78, 5) is 11.5. The van der Waals surface area contributed by atoms with Gasteiger partial charge in [-0.2, -0.15) is 0 Å². The Morgan fingerprint density at radius 3 is 2.67 bits per heavy atom. The van der Waals surface area contributed by atoms with Gasteiger partial charge in [0.1, 0.15) is 0 Å². The second-order valence-electron chi connectivity index (χ2n) is 4.11. The highest BCUT2D eigenvalue weighted by molar-refractivity contribution is 5.81. The summed E-state index contributed by atoms with van der Waals surface area (Å²) in [6.07, 6.45) is 3.50. The van der Waals surface area contributed by atoms with Gasteiger partial charge in [0, 0.05) is 13.2 Å². The summed E-state index contributed by atoms with van der Waals surface area (Å²) in [6.45, 7) is 4.83. The maximum Gasteiger partial charge on any atom is 0.236 e. The van der Waals surface area contributed by atoms with Crippen LogP contribution in [0.4, 0.5) is 0 Å². The largest absolute Gasteiger partial charge is 0.396 e. The molecule has 2 atom stereocenters. The maximum absolute atomic E-state index is 11.5. The molecular formula is C11H24N2O2. The second-order valence-corrected chi connectivity index (χ2v) is 4.11. The SMILES string of the molecule is CCCC[C@H](N)C(=O)NCC(C)CCO. The van der Waals surface area contributed by atoms with Crippen LogP contribution in [0.25, 0.3) is 0 Å². The van der Waals surface area contributed by atoms with Gasteiger partial charge in [-0.15, -0.1) is 0 Å². The van der Waals surface area contributed by atoms with Gasteiger partial charge in [-0.25, -0.2) is 0 Å². The highest BCUT2D eigenvalue weighted by Gasteiger charge is 2.12. The lowest BCUT2D eigenvalue weighted by atomic mass is 10.1. The number of rotatable bonds is 8.